The van der Waals surface area contributed by atoms with Crippen LogP contribution in [0.2, 0.25) is 5.02 Å². The van der Waals surface area contributed by atoms with Gasteiger partial charge in [0.1, 0.15) is 33.9 Å². The van der Waals surface area contributed by atoms with Crippen LogP contribution in [-0.4, -0.2) is 46.2 Å². The quantitative estimate of drug-likeness (QED) is 0.0769. The van der Waals surface area contributed by atoms with Gasteiger partial charge in [-0.1, -0.05) is 66.2 Å². The molecule has 12 heteroatoms. The van der Waals surface area contributed by atoms with Crippen molar-refractivity contribution in [2.45, 2.75) is 10.1 Å². The molecular formula is C40H36ClN3O7S. The van der Waals surface area contributed by atoms with Crippen LogP contribution in [-0.2, 0) is 9.59 Å². The number of carbonyl (C=O) groups is 3. The standard InChI is InChI=1S/C40H36ClN3O7S/c1-48-29-18-19-34(49-2)27(20-29)21-33(44-38(45)26-14-9-6-10-15-26)39(46)42-28-16-11-17-30(22-28)52-37(25-12-7-5-8-13-25)40(47)43-32-23-31(41)35(50-3)24-36(32)51-4/h5-24,37H,1-4H3,(H,42,46)(H,43,47)(H,44,45)/b33-21+. The zero-order chi connectivity index (χ0) is 37.0. The van der Waals surface area contributed by atoms with E-state index in [2.05, 4.69) is 16.0 Å². The van der Waals surface area contributed by atoms with Crippen molar-refractivity contribution in [1.82, 2.24) is 5.32 Å². The van der Waals surface area contributed by atoms with Gasteiger partial charge >= 0.3 is 0 Å². The van der Waals surface area contributed by atoms with Gasteiger partial charge in [-0.05, 0) is 66.2 Å². The molecule has 0 bridgehead atoms. The molecule has 10 nitrogen and oxygen atoms in total. The second-order valence-electron chi connectivity index (χ2n) is 11.1. The van der Waals surface area contributed by atoms with Gasteiger partial charge < -0.3 is 34.9 Å². The van der Waals surface area contributed by atoms with Gasteiger partial charge in [0.2, 0.25) is 5.91 Å². The fraction of sp³-hybridized carbons (Fsp3) is 0.125. The van der Waals surface area contributed by atoms with Crippen LogP contribution in [0, 0.1) is 0 Å². The molecule has 1 unspecified atom stereocenters. The maximum atomic E-state index is 13.9. The van der Waals surface area contributed by atoms with E-state index in [9.17, 15) is 14.4 Å². The molecule has 0 saturated heterocycles. The number of rotatable bonds is 14. The fourth-order valence-corrected chi connectivity index (χ4v) is 6.41. The van der Waals surface area contributed by atoms with E-state index in [0.717, 1.165) is 5.56 Å². The summed E-state index contributed by atoms with van der Waals surface area (Å²) in [5.74, 6) is 0.410. The minimum Gasteiger partial charge on any atom is -0.497 e. The number of nitrogens with one attached hydrogen (secondary N) is 3. The largest absolute Gasteiger partial charge is 0.497 e. The lowest BCUT2D eigenvalue weighted by Crippen LogP contribution is -2.30. The van der Waals surface area contributed by atoms with Crippen molar-refractivity contribution >= 4 is 58.5 Å². The normalized spacial score (nSPS) is 11.5. The van der Waals surface area contributed by atoms with E-state index in [0.29, 0.717) is 55.4 Å². The van der Waals surface area contributed by atoms with Crippen LogP contribution < -0.4 is 34.9 Å². The highest BCUT2D eigenvalue weighted by Crippen LogP contribution is 2.40. The Balaban J connectivity index is 1.43. The third-order valence-electron chi connectivity index (χ3n) is 7.68. The van der Waals surface area contributed by atoms with E-state index in [1.165, 1.54) is 46.3 Å². The molecule has 0 aliphatic heterocycles. The van der Waals surface area contributed by atoms with E-state index in [1.54, 1.807) is 78.9 Å². The summed E-state index contributed by atoms with van der Waals surface area (Å²) in [5.41, 5.74) is 2.41. The second kappa shape index (κ2) is 17.8. The van der Waals surface area contributed by atoms with Gasteiger partial charge in [-0.2, -0.15) is 0 Å². The summed E-state index contributed by atoms with van der Waals surface area (Å²) >= 11 is 7.66. The van der Waals surface area contributed by atoms with E-state index in [4.69, 9.17) is 30.5 Å². The highest BCUT2D eigenvalue weighted by atomic mass is 35.5. The number of amides is 3. The molecule has 3 amide bonds. The molecule has 0 fully saturated rings. The second-order valence-corrected chi connectivity index (χ2v) is 12.6. The summed E-state index contributed by atoms with van der Waals surface area (Å²) in [4.78, 5) is 41.7. The van der Waals surface area contributed by atoms with Gasteiger partial charge in [0.15, 0.2) is 0 Å². The first kappa shape index (κ1) is 37.3. The molecule has 0 saturated carbocycles. The van der Waals surface area contributed by atoms with Crippen LogP contribution in [0.3, 0.4) is 0 Å². The van der Waals surface area contributed by atoms with Crippen molar-refractivity contribution in [2.75, 3.05) is 39.1 Å². The maximum Gasteiger partial charge on any atom is 0.272 e. The van der Waals surface area contributed by atoms with E-state index in [1.807, 2.05) is 36.4 Å². The number of methoxy groups -OCH3 is 4. The molecule has 5 aromatic rings. The molecule has 266 valence electrons. The molecule has 5 rings (SSSR count). The van der Waals surface area contributed by atoms with Crippen LogP contribution in [0.4, 0.5) is 11.4 Å². The van der Waals surface area contributed by atoms with E-state index < -0.39 is 17.1 Å². The lowest BCUT2D eigenvalue weighted by molar-refractivity contribution is -0.116. The molecule has 5 aromatic carbocycles. The van der Waals surface area contributed by atoms with Gasteiger partial charge in [0.25, 0.3) is 11.8 Å². The summed E-state index contributed by atoms with van der Waals surface area (Å²) < 4.78 is 21.7. The Morgan fingerprint density at radius 2 is 1.38 bits per heavy atom. The van der Waals surface area contributed by atoms with Crippen LogP contribution in [0.25, 0.3) is 6.08 Å². The molecule has 1 atom stereocenters. The zero-order valence-electron chi connectivity index (χ0n) is 28.8. The Bertz CT molecular complexity index is 2080. The maximum absolute atomic E-state index is 13.9. The van der Waals surface area contributed by atoms with Crippen molar-refractivity contribution in [3.63, 3.8) is 0 Å². The van der Waals surface area contributed by atoms with Gasteiger partial charge in [-0.15, -0.1) is 11.8 Å². The van der Waals surface area contributed by atoms with Crippen LogP contribution in [0.5, 0.6) is 23.0 Å². The third-order valence-corrected chi connectivity index (χ3v) is 9.23. The number of ether oxygens (including phenoxy) is 4. The molecule has 0 radical (unpaired) electrons. The first-order valence-corrected chi connectivity index (χ1v) is 17.1. The molecule has 3 N–H and O–H groups in total. The first-order chi connectivity index (χ1) is 25.2. The molecule has 0 aliphatic rings. The van der Waals surface area contributed by atoms with Crippen molar-refractivity contribution in [1.29, 1.82) is 0 Å². The van der Waals surface area contributed by atoms with Crippen molar-refractivity contribution in [3.05, 3.63) is 143 Å². The number of carbonyl (C=O) groups excluding carboxylic acids is 3. The van der Waals surface area contributed by atoms with Crippen molar-refractivity contribution in [3.8, 4) is 23.0 Å². The Hall–Kier alpha value is -5.91. The van der Waals surface area contributed by atoms with Crippen LogP contribution >= 0.6 is 23.4 Å². The number of benzene rings is 5. The predicted molar refractivity (Wildman–Crippen MR) is 205 cm³/mol. The highest BCUT2D eigenvalue weighted by molar-refractivity contribution is 8.00. The monoisotopic (exact) mass is 737 g/mol. The fourth-order valence-electron chi connectivity index (χ4n) is 5.09. The van der Waals surface area contributed by atoms with Crippen molar-refractivity contribution < 1.29 is 33.3 Å². The molecular weight excluding hydrogens is 702 g/mol. The minimum atomic E-state index is -0.709. The summed E-state index contributed by atoms with van der Waals surface area (Å²) in [6.07, 6.45) is 1.52. The zero-order valence-corrected chi connectivity index (χ0v) is 30.3. The van der Waals surface area contributed by atoms with Gasteiger partial charge in [0.05, 0.1) is 39.1 Å². The topological polar surface area (TPSA) is 124 Å². The SMILES string of the molecule is COc1ccc(OC)c(/C=C(/NC(=O)c2ccccc2)C(=O)Nc2cccc(SC(C(=O)Nc3cc(Cl)c(OC)cc3OC)c3ccccc3)c2)c1. The van der Waals surface area contributed by atoms with Crippen LogP contribution in [0.1, 0.15) is 26.7 Å². The lowest BCUT2D eigenvalue weighted by Gasteiger charge is -2.19. The highest BCUT2D eigenvalue weighted by Gasteiger charge is 2.25. The number of hydrogen-bond acceptors (Lipinski definition) is 8. The van der Waals surface area contributed by atoms with Crippen molar-refractivity contribution in [2.24, 2.45) is 0 Å². The van der Waals surface area contributed by atoms with E-state index in [-0.39, 0.29) is 11.6 Å². The van der Waals surface area contributed by atoms with Gasteiger partial charge in [-0.3, -0.25) is 14.4 Å². The average molecular weight is 738 g/mol. The third kappa shape index (κ3) is 9.45. The summed E-state index contributed by atoms with van der Waals surface area (Å²) in [5, 5.41) is 8.18. The number of halogens is 1. The number of hydrogen-bond donors (Lipinski definition) is 3. The smallest absolute Gasteiger partial charge is 0.272 e. The summed E-state index contributed by atoms with van der Waals surface area (Å²) in [6, 6.07) is 33.2. The Morgan fingerprint density at radius 1 is 0.692 bits per heavy atom. The Morgan fingerprint density at radius 3 is 2.06 bits per heavy atom. The predicted octanol–water partition coefficient (Wildman–Crippen LogP) is 8.26. The number of anilines is 2. The molecule has 0 spiro atoms. The molecule has 0 aromatic heterocycles. The number of thioether (sulfide) groups is 1. The Kier molecular flexibility index (Phi) is 12.8. The van der Waals surface area contributed by atoms with Gasteiger partial charge in [0, 0.05) is 27.8 Å². The van der Waals surface area contributed by atoms with Crippen LogP contribution in [0.15, 0.2) is 126 Å². The molecule has 0 heterocycles. The molecule has 52 heavy (non-hydrogen) atoms. The Labute approximate surface area is 311 Å². The summed E-state index contributed by atoms with van der Waals surface area (Å²) in [7, 11) is 6.02. The first-order valence-electron chi connectivity index (χ1n) is 15.9. The summed E-state index contributed by atoms with van der Waals surface area (Å²) in [6.45, 7) is 0. The average Bonchev–Trinajstić information content (AvgIpc) is 3.17. The molecule has 0 aliphatic carbocycles. The minimum absolute atomic E-state index is 0.0351. The van der Waals surface area contributed by atoms with Gasteiger partial charge in [-0.25, -0.2) is 0 Å². The lowest BCUT2D eigenvalue weighted by atomic mass is 10.1. The van der Waals surface area contributed by atoms with E-state index >= 15 is 0 Å².